The Morgan fingerprint density at radius 2 is 1.05 bits per heavy atom. The maximum atomic E-state index is 2.65. The molecule has 0 radical (unpaired) electrons. The average Bonchev–Trinajstić information content (AvgIpc) is 3.92. The van der Waals surface area contributed by atoms with E-state index in [-0.39, 0.29) is 23.8 Å². The van der Waals surface area contributed by atoms with Crippen LogP contribution in [0.2, 0.25) is 0 Å². The second-order valence-electron chi connectivity index (χ2n) is 19.1. The number of fused-ring (bicyclic) bond motifs is 9. The third kappa shape index (κ3) is 5.54. The molecular formula is C64H50N2. The van der Waals surface area contributed by atoms with Crippen molar-refractivity contribution < 1.29 is 0 Å². The van der Waals surface area contributed by atoms with Gasteiger partial charge in [0.05, 0.1) is 17.1 Å². The van der Waals surface area contributed by atoms with E-state index in [2.05, 4.69) is 266 Å². The van der Waals surface area contributed by atoms with Gasteiger partial charge in [0.15, 0.2) is 0 Å². The molecule has 1 aromatic heterocycles. The van der Waals surface area contributed by atoms with Gasteiger partial charge in [-0.3, -0.25) is 0 Å². The number of allylic oxidation sites excluding steroid dienone is 4. The summed E-state index contributed by atoms with van der Waals surface area (Å²) in [5, 5.41) is 2.64. The number of hydrogen-bond acceptors (Lipinski definition) is 1. The molecule has 3 aliphatic carbocycles. The standard InChI is InChI=1S/C64H50N2/c1-63(47-25-11-5-12-26-47)54-39-41-58-60(52-31-16-18-33-56(52)66(58)50-29-19-24-46(42-50)44-22-9-4-10-23-44)62(54)64(2,48-27-13-6-14-28-48)53-38-40-57-59(61(53)63)51-30-15-17-32-55(51)65(57)49-36-34-45(35-37-49)43-20-7-3-8-21-43/h3-42,52,54,56,62H,1-2H3. The second-order valence-corrected chi connectivity index (χ2v) is 19.1. The Bertz CT molecular complexity index is 3450. The molecule has 0 saturated carbocycles. The van der Waals surface area contributed by atoms with Crippen LogP contribution in [0.4, 0.5) is 5.69 Å². The predicted octanol–water partition coefficient (Wildman–Crippen LogP) is 15.4. The Morgan fingerprint density at radius 3 is 1.76 bits per heavy atom. The van der Waals surface area contributed by atoms with Crippen molar-refractivity contribution in [2.75, 3.05) is 4.90 Å². The van der Waals surface area contributed by atoms with Crippen LogP contribution in [0.1, 0.15) is 36.1 Å². The van der Waals surface area contributed by atoms with Gasteiger partial charge in [-0.1, -0.05) is 214 Å². The van der Waals surface area contributed by atoms with Crippen LogP contribution in [-0.4, -0.2) is 10.6 Å². The number of para-hydroxylation sites is 1. The Hall–Kier alpha value is -7.68. The molecule has 2 heterocycles. The van der Waals surface area contributed by atoms with Crippen LogP contribution in [0, 0.1) is 17.8 Å². The van der Waals surface area contributed by atoms with Crippen molar-refractivity contribution in [3.63, 3.8) is 0 Å². The molecule has 4 aliphatic rings. The van der Waals surface area contributed by atoms with Gasteiger partial charge in [-0.05, 0) is 98.5 Å². The summed E-state index contributed by atoms with van der Waals surface area (Å²) in [4.78, 5) is 2.65. The molecule has 1 aliphatic heterocycles. The van der Waals surface area contributed by atoms with Gasteiger partial charge in [0.2, 0.25) is 0 Å². The van der Waals surface area contributed by atoms with Crippen molar-refractivity contribution in [1.82, 2.24) is 4.57 Å². The summed E-state index contributed by atoms with van der Waals surface area (Å²) in [5.41, 5.74) is 17.4. The molecule has 66 heavy (non-hydrogen) atoms. The summed E-state index contributed by atoms with van der Waals surface area (Å²) in [6.07, 6.45) is 14.6. The maximum absolute atomic E-state index is 2.65. The zero-order valence-corrected chi connectivity index (χ0v) is 37.3. The van der Waals surface area contributed by atoms with E-state index in [1.54, 1.807) is 5.57 Å². The van der Waals surface area contributed by atoms with E-state index in [9.17, 15) is 0 Å². The van der Waals surface area contributed by atoms with E-state index >= 15 is 0 Å². The highest BCUT2D eigenvalue weighted by Gasteiger charge is 2.61. The highest BCUT2D eigenvalue weighted by molar-refractivity contribution is 6.12. The van der Waals surface area contributed by atoms with E-state index in [4.69, 9.17) is 0 Å². The molecule has 2 nitrogen and oxygen atoms in total. The lowest BCUT2D eigenvalue weighted by atomic mass is 9.45. The monoisotopic (exact) mass is 846 g/mol. The van der Waals surface area contributed by atoms with Crippen LogP contribution in [0.5, 0.6) is 0 Å². The van der Waals surface area contributed by atoms with Gasteiger partial charge < -0.3 is 9.47 Å². The van der Waals surface area contributed by atoms with Crippen molar-refractivity contribution in [3.05, 3.63) is 276 Å². The molecule has 2 heteroatoms. The van der Waals surface area contributed by atoms with E-state index in [1.807, 2.05) is 0 Å². The van der Waals surface area contributed by atoms with Crippen molar-refractivity contribution in [2.24, 2.45) is 17.8 Å². The van der Waals surface area contributed by atoms with Gasteiger partial charge in [0, 0.05) is 50.5 Å². The molecule has 0 amide bonds. The SMILES string of the molecule is CC1(c2ccccc2)c2c(ccc3c2c2ccccc2n3-c2ccc(-c3ccccc3)cc2)C(C)(c2ccccc2)C2C3=C(C=CC21)N(c1cccc(-c2ccccc2)c1)C1C=CC=CC31. The highest BCUT2D eigenvalue weighted by Crippen LogP contribution is 2.66. The quantitative estimate of drug-likeness (QED) is 0.162. The summed E-state index contributed by atoms with van der Waals surface area (Å²) in [6.45, 7) is 5.15. The van der Waals surface area contributed by atoms with Gasteiger partial charge in [0.1, 0.15) is 0 Å². The first-order valence-corrected chi connectivity index (χ1v) is 23.6. The molecule has 0 fully saturated rings. The minimum Gasteiger partial charge on any atom is -0.334 e. The van der Waals surface area contributed by atoms with Crippen LogP contribution in [0.25, 0.3) is 49.7 Å². The first kappa shape index (κ1) is 38.8. The Kier molecular flexibility index (Phi) is 8.77. The minimum absolute atomic E-state index is 0.129. The Morgan fingerprint density at radius 1 is 0.455 bits per heavy atom. The van der Waals surface area contributed by atoms with Crippen molar-refractivity contribution in [1.29, 1.82) is 0 Å². The normalized spacial score (nSPS) is 23.8. The number of anilines is 1. The van der Waals surface area contributed by atoms with Crippen molar-refractivity contribution >= 4 is 27.5 Å². The zero-order valence-electron chi connectivity index (χ0n) is 37.3. The lowest BCUT2D eigenvalue weighted by Crippen LogP contribution is -2.54. The molecule has 6 unspecified atom stereocenters. The second kappa shape index (κ2) is 14.9. The summed E-state index contributed by atoms with van der Waals surface area (Å²) in [5.74, 6) is 0.474. The maximum Gasteiger partial charge on any atom is 0.0626 e. The third-order valence-corrected chi connectivity index (χ3v) is 15.9. The van der Waals surface area contributed by atoms with Crippen molar-refractivity contribution in [2.45, 2.75) is 30.7 Å². The molecule has 8 aromatic carbocycles. The fourth-order valence-corrected chi connectivity index (χ4v) is 12.9. The van der Waals surface area contributed by atoms with Gasteiger partial charge in [-0.15, -0.1) is 0 Å². The molecule has 316 valence electrons. The van der Waals surface area contributed by atoms with E-state index < -0.39 is 10.8 Å². The fourth-order valence-electron chi connectivity index (χ4n) is 12.9. The lowest BCUT2D eigenvalue weighted by Gasteiger charge is -2.57. The summed E-state index contributed by atoms with van der Waals surface area (Å²) < 4.78 is 2.51. The predicted molar refractivity (Wildman–Crippen MR) is 275 cm³/mol. The molecule has 6 atom stereocenters. The zero-order chi connectivity index (χ0) is 44.0. The molecule has 0 N–H and O–H groups in total. The summed E-state index contributed by atoms with van der Waals surface area (Å²) in [6, 6.07) is 77.0. The summed E-state index contributed by atoms with van der Waals surface area (Å²) in [7, 11) is 0. The molecule has 13 rings (SSSR count). The molecular weight excluding hydrogens is 797 g/mol. The van der Waals surface area contributed by atoms with Gasteiger partial charge >= 0.3 is 0 Å². The Labute approximate surface area is 387 Å². The average molecular weight is 847 g/mol. The summed E-state index contributed by atoms with van der Waals surface area (Å²) >= 11 is 0. The minimum atomic E-state index is -0.402. The molecule has 0 spiro atoms. The lowest BCUT2D eigenvalue weighted by molar-refractivity contribution is 0.200. The van der Waals surface area contributed by atoms with Gasteiger partial charge in [0.25, 0.3) is 0 Å². The van der Waals surface area contributed by atoms with Crippen molar-refractivity contribution in [3.8, 4) is 27.9 Å². The van der Waals surface area contributed by atoms with Crippen LogP contribution in [0.3, 0.4) is 0 Å². The number of hydrogen-bond donors (Lipinski definition) is 0. The van der Waals surface area contributed by atoms with Crippen LogP contribution < -0.4 is 4.90 Å². The van der Waals surface area contributed by atoms with Crippen LogP contribution >= 0.6 is 0 Å². The first-order chi connectivity index (χ1) is 32.5. The first-order valence-electron chi connectivity index (χ1n) is 23.6. The smallest absolute Gasteiger partial charge is 0.0626 e. The highest BCUT2D eigenvalue weighted by atomic mass is 15.2. The number of rotatable bonds is 6. The molecule has 0 saturated heterocycles. The number of benzene rings is 8. The van der Waals surface area contributed by atoms with Gasteiger partial charge in [-0.2, -0.15) is 0 Å². The van der Waals surface area contributed by atoms with Gasteiger partial charge in [-0.25, -0.2) is 0 Å². The van der Waals surface area contributed by atoms with E-state index in [0.29, 0.717) is 0 Å². The Balaban J connectivity index is 1.09. The van der Waals surface area contributed by atoms with Crippen LogP contribution in [-0.2, 0) is 10.8 Å². The number of aromatic nitrogens is 1. The van der Waals surface area contributed by atoms with E-state index in [1.165, 1.54) is 83.4 Å². The molecule has 9 aromatic rings. The fraction of sp³-hybridized carbons (Fsp3) is 0.125. The topological polar surface area (TPSA) is 8.17 Å². The van der Waals surface area contributed by atoms with E-state index in [0.717, 1.165) is 0 Å². The number of nitrogens with zero attached hydrogens (tertiary/aromatic N) is 2. The third-order valence-electron chi connectivity index (χ3n) is 15.9. The van der Waals surface area contributed by atoms with Crippen LogP contribution in [0.15, 0.2) is 254 Å². The molecule has 0 bridgehead atoms. The largest absolute Gasteiger partial charge is 0.334 e.